The Morgan fingerprint density at radius 3 is 2.81 bits per heavy atom. The molecule has 0 radical (unpaired) electrons. The lowest BCUT2D eigenvalue weighted by Crippen LogP contribution is -2.54. The van der Waals surface area contributed by atoms with Crippen molar-refractivity contribution in [2.45, 2.75) is 39.3 Å². The monoisotopic (exact) mass is 383 g/mol. The lowest BCUT2D eigenvalue weighted by atomic mass is 10.1. The second-order valence-electron chi connectivity index (χ2n) is 6.73. The fourth-order valence-corrected chi connectivity index (χ4v) is 4.21. The zero-order valence-corrected chi connectivity index (χ0v) is 16.5. The summed E-state index contributed by atoms with van der Waals surface area (Å²) in [5, 5.41) is 6.95. The van der Waals surface area contributed by atoms with Crippen LogP contribution in [0.2, 0.25) is 0 Å². The SMILES string of the molecule is CCC1C(=O)N(C)c2cnc(-c3scnc3-c3ccn[nH]3)nc2N1C(C)C. The fraction of sp³-hybridized carbons (Fsp3) is 0.389. The minimum absolute atomic E-state index is 0.0750. The van der Waals surface area contributed by atoms with E-state index in [1.165, 1.54) is 11.3 Å². The van der Waals surface area contributed by atoms with Gasteiger partial charge in [0.2, 0.25) is 5.91 Å². The van der Waals surface area contributed by atoms with Crippen molar-refractivity contribution in [1.29, 1.82) is 0 Å². The summed E-state index contributed by atoms with van der Waals surface area (Å²) < 4.78 is 0. The first-order valence-corrected chi connectivity index (χ1v) is 9.77. The Kier molecular flexibility index (Phi) is 4.39. The molecule has 0 fully saturated rings. The number of aromatic amines is 1. The Balaban J connectivity index is 1.86. The van der Waals surface area contributed by atoms with Gasteiger partial charge < -0.3 is 9.80 Å². The molecule has 4 heterocycles. The fourth-order valence-electron chi connectivity index (χ4n) is 3.47. The second-order valence-corrected chi connectivity index (χ2v) is 7.58. The lowest BCUT2D eigenvalue weighted by molar-refractivity contribution is -0.120. The van der Waals surface area contributed by atoms with Crippen LogP contribution in [0.15, 0.2) is 24.0 Å². The van der Waals surface area contributed by atoms with E-state index in [4.69, 9.17) is 4.98 Å². The maximum atomic E-state index is 12.8. The van der Waals surface area contributed by atoms with Crippen molar-refractivity contribution in [3.8, 4) is 22.1 Å². The van der Waals surface area contributed by atoms with E-state index in [0.717, 1.165) is 34.2 Å². The zero-order chi connectivity index (χ0) is 19.1. The van der Waals surface area contributed by atoms with Crippen LogP contribution in [0.4, 0.5) is 11.5 Å². The van der Waals surface area contributed by atoms with Crippen LogP contribution < -0.4 is 9.80 Å². The average Bonchev–Trinajstić information content (AvgIpc) is 3.34. The predicted octanol–water partition coefficient (Wildman–Crippen LogP) is 2.96. The number of anilines is 2. The molecule has 1 unspecified atom stereocenters. The zero-order valence-electron chi connectivity index (χ0n) is 15.7. The standard InChI is InChI=1S/C18H21N7OS/c1-5-12-18(26)24(4)13-8-19-16(22-17(13)25(12)10(2)3)15-14(20-9-27-15)11-6-7-21-23-11/h6-10,12H,5H2,1-4H3,(H,21,23). The smallest absolute Gasteiger partial charge is 0.249 e. The molecule has 4 rings (SSSR count). The van der Waals surface area contributed by atoms with Crippen molar-refractivity contribution in [2.24, 2.45) is 0 Å². The Bertz CT molecular complexity index is 966. The highest BCUT2D eigenvalue weighted by Crippen LogP contribution is 2.39. The van der Waals surface area contributed by atoms with E-state index >= 15 is 0 Å². The summed E-state index contributed by atoms with van der Waals surface area (Å²) in [7, 11) is 1.78. The van der Waals surface area contributed by atoms with Gasteiger partial charge in [-0.3, -0.25) is 9.89 Å². The molecule has 0 aromatic carbocycles. The van der Waals surface area contributed by atoms with Crippen LogP contribution >= 0.6 is 11.3 Å². The van der Waals surface area contributed by atoms with Gasteiger partial charge in [-0.25, -0.2) is 15.0 Å². The molecule has 0 bridgehead atoms. The molecule has 27 heavy (non-hydrogen) atoms. The first kappa shape index (κ1) is 17.6. The van der Waals surface area contributed by atoms with E-state index in [2.05, 4.69) is 38.9 Å². The Hall–Kier alpha value is -2.81. The van der Waals surface area contributed by atoms with Gasteiger partial charge in [0, 0.05) is 19.3 Å². The first-order chi connectivity index (χ1) is 13.0. The molecule has 1 amide bonds. The second kappa shape index (κ2) is 6.73. The minimum Gasteiger partial charge on any atom is -0.340 e. The van der Waals surface area contributed by atoms with Gasteiger partial charge in [0.25, 0.3) is 0 Å². The summed E-state index contributed by atoms with van der Waals surface area (Å²) in [6.45, 7) is 6.18. The third-order valence-electron chi connectivity index (χ3n) is 4.78. The van der Waals surface area contributed by atoms with Gasteiger partial charge in [-0.2, -0.15) is 5.10 Å². The molecule has 1 aliphatic rings. The third kappa shape index (κ3) is 2.78. The van der Waals surface area contributed by atoms with Crippen LogP contribution in [0.25, 0.3) is 22.1 Å². The quantitative estimate of drug-likeness (QED) is 0.745. The summed E-state index contributed by atoms with van der Waals surface area (Å²) in [5.74, 6) is 1.46. The average molecular weight is 383 g/mol. The number of likely N-dealkylation sites (N-methyl/N-ethyl adjacent to an activating group) is 1. The molecule has 0 aliphatic carbocycles. The number of nitrogens with one attached hydrogen (secondary N) is 1. The molecule has 0 saturated carbocycles. The number of aromatic nitrogens is 5. The Labute approximate surface area is 161 Å². The number of fused-ring (bicyclic) bond motifs is 1. The predicted molar refractivity (Wildman–Crippen MR) is 106 cm³/mol. The van der Waals surface area contributed by atoms with E-state index in [1.807, 2.05) is 13.0 Å². The molecular formula is C18H21N7OS. The number of amides is 1. The van der Waals surface area contributed by atoms with E-state index in [1.54, 1.807) is 29.9 Å². The lowest BCUT2D eigenvalue weighted by Gasteiger charge is -2.42. The van der Waals surface area contributed by atoms with Crippen LogP contribution in [0, 0.1) is 0 Å². The molecule has 3 aromatic rings. The maximum Gasteiger partial charge on any atom is 0.249 e. The van der Waals surface area contributed by atoms with Crippen LogP contribution in [0.1, 0.15) is 27.2 Å². The molecule has 0 saturated heterocycles. The van der Waals surface area contributed by atoms with Gasteiger partial charge in [-0.05, 0) is 26.3 Å². The van der Waals surface area contributed by atoms with Gasteiger partial charge in [0.15, 0.2) is 11.6 Å². The van der Waals surface area contributed by atoms with Crippen LogP contribution in [0.3, 0.4) is 0 Å². The Morgan fingerprint density at radius 1 is 1.33 bits per heavy atom. The number of hydrogen-bond donors (Lipinski definition) is 1. The van der Waals surface area contributed by atoms with Crippen molar-refractivity contribution in [3.05, 3.63) is 24.0 Å². The summed E-state index contributed by atoms with van der Waals surface area (Å²) in [6, 6.07) is 1.79. The third-order valence-corrected chi connectivity index (χ3v) is 5.60. The summed E-state index contributed by atoms with van der Waals surface area (Å²) in [6.07, 6.45) is 4.15. The molecular weight excluding hydrogens is 362 g/mol. The molecule has 1 aliphatic heterocycles. The highest BCUT2D eigenvalue weighted by Gasteiger charge is 2.38. The van der Waals surface area contributed by atoms with Crippen molar-refractivity contribution < 1.29 is 4.79 Å². The summed E-state index contributed by atoms with van der Waals surface area (Å²) >= 11 is 1.49. The van der Waals surface area contributed by atoms with E-state index in [9.17, 15) is 4.79 Å². The number of H-pyrrole nitrogens is 1. The van der Waals surface area contributed by atoms with Crippen molar-refractivity contribution in [1.82, 2.24) is 25.1 Å². The summed E-state index contributed by atoms with van der Waals surface area (Å²) in [4.78, 5) is 31.3. The van der Waals surface area contributed by atoms with Crippen LogP contribution in [-0.2, 0) is 4.79 Å². The maximum absolute atomic E-state index is 12.8. The largest absolute Gasteiger partial charge is 0.340 e. The highest BCUT2D eigenvalue weighted by atomic mass is 32.1. The Morgan fingerprint density at radius 2 is 2.15 bits per heavy atom. The highest BCUT2D eigenvalue weighted by molar-refractivity contribution is 7.13. The van der Waals surface area contributed by atoms with Gasteiger partial charge in [-0.15, -0.1) is 11.3 Å². The number of nitrogens with zero attached hydrogens (tertiary/aromatic N) is 6. The first-order valence-electron chi connectivity index (χ1n) is 8.89. The number of rotatable bonds is 4. The van der Waals surface area contributed by atoms with Crippen molar-refractivity contribution in [3.63, 3.8) is 0 Å². The van der Waals surface area contributed by atoms with Gasteiger partial charge in [0.05, 0.1) is 17.4 Å². The summed E-state index contributed by atoms with van der Waals surface area (Å²) in [5.41, 5.74) is 4.11. The van der Waals surface area contributed by atoms with E-state index in [0.29, 0.717) is 5.82 Å². The van der Waals surface area contributed by atoms with Crippen LogP contribution in [0.5, 0.6) is 0 Å². The molecule has 3 aromatic heterocycles. The number of carbonyl (C=O) groups excluding carboxylic acids is 1. The van der Waals surface area contributed by atoms with Crippen molar-refractivity contribution in [2.75, 3.05) is 16.8 Å². The molecule has 9 heteroatoms. The topological polar surface area (TPSA) is 90.9 Å². The van der Waals surface area contributed by atoms with E-state index < -0.39 is 0 Å². The molecule has 1 N–H and O–H groups in total. The van der Waals surface area contributed by atoms with E-state index in [-0.39, 0.29) is 18.0 Å². The number of hydrogen-bond acceptors (Lipinski definition) is 7. The minimum atomic E-state index is -0.223. The molecule has 140 valence electrons. The van der Waals surface area contributed by atoms with Gasteiger partial charge >= 0.3 is 0 Å². The normalized spacial score (nSPS) is 16.9. The molecule has 1 atom stereocenters. The molecule has 8 nitrogen and oxygen atoms in total. The van der Waals surface area contributed by atoms with Crippen molar-refractivity contribution >= 4 is 28.7 Å². The van der Waals surface area contributed by atoms with Gasteiger partial charge in [0.1, 0.15) is 22.3 Å². The van der Waals surface area contributed by atoms with Gasteiger partial charge in [-0.1, -0.05) is 6.92 Å². The number of thiazole rings is 1. The molecule has 0 spiro atoms. The number of carbonyl (C=O) groups is 1. The van der Waals surface area contributed by atoms with Crippen LogP contribution in [-0.4, -0.2) is 50.2 Å².